The third kappa shape index (κ3) is 4.38. The fraction of sp³-hybridized carbons (Fsp3) is 0.0769. The number of benzene rings is 2. The molecule has 0 amide bonds. The Balaban J connectivity index is 1.46. The molecule has 4 aromatic rings. The maximum atomic E-state index is 13.2. The Morgan fingerprint density at radius 3 is 2.61 bits per heavy atom. The minimum absolute atomic E-state index is 0.218. The standard InChI is InChI=1S/C26H19N5OS/c27-12-20-11-21(16-30(15-20)14-19-7-3-1-4-8-19)13-29-31-18-28-25-24(26(31)32)23(17-33-25)22-9-5-2-6-10-22/h1-10,13,15-18H,11,14H2/b29-13+. The lowest BCUT2D eigenvalue weighted by molar-refractivity contribution is 0.487. The van der Waals surface area contributed by atoms with Crippen molar-refractivity contribution in [2.75, 3.05) is 0 Å². The topological polar surface area (TPSA) is 74.3 Å². The average Bonchev–Trinajstić information content (AvgIpc) is 3.30. The van der Waals surface area contributed by atoms with E-state index in [1.54, 1.807) is 6.21 Å². The largest absolute Gasteiger partial charge is 0.349 e. The molecule has 3 heterocycles. The second kappa shape index (κ2) is 9.07. The van der Waals surface area contributed by atoms with E-state index in [1.165, 1.54) is 22.3 Å². The molecular formula is C26H19N5OS. The predicted octanol–water partition coefficient (Wildman–Crippen LogP) is 5.16. The van der Waals surface area contributed by atoms with E-state index < -0.39 is 0 Å². The Kier molecular flexibility index (Phi) is 5.66. The molecule has 0 radical (unpaired) electrons. The van der Waals surface area contributed by atoms with Crippen molar-refractivity contribution >= 4 is 27.8 Å². The molecule has 5 rings (SSSR count). The zero-order valence-electron chi connectivity index (χ0n) is 17.6. The Labute approximate surface area is 194 Å². The number of nitriles is 1. The summed E-state index contributed by atoms with van der Waals surface area (Å²) in [6.45, 7) is 0.645. The highest BCUT2D eigenvalue weighted by Gasteiger charge is 2.14. The number of fused-ring (bicyclic) bond motifs is 1. The molecule has 1 aliphatic rings. The first-order chi connectivity index (χ1) is 16.2. The van der Waals surface area contributed by atoms with E-state index in [1.807, 2.05) is 83.3 Å². The van der Waals surface area contributed by atoms with Gasteiger partial charge in [0.1, 0.15) is 11.2 Å². The number of aromatic nitrogens is 2. The molecular weight excluding hydrogens is 430 g/mol. The number of hydrogen-bond acceptors (Lipinski definition) is 6. The molecule has 0 saturated heterocycles. The zero-order valence-corrected chi connectivity index (χ0v) is 18.4. The molecule has 33 heavy (non-hydrogen) atoms. The van der Waals surface area contributed by atoms with E-state index in [-0.39, 0.29) is 5.56 Å². The van der Waals surface area contributed by atoms with E-state index in [2.05, 4.69) is 16.2 Å². The van der Waals surface area contributed by atoms with Crippen molar-refractivity contribution in [3.05, 3.63) is 112 Å². The van der Waals surface area contributed by atoms with Gasteiger partial charge in [-0.3, -0.25) is 4.79 Å². The van der Waals surface area contributed by atoms with Crippen molar-refractivity contribution in [1.82, 2.24) is 14.6 Å². The molecule has 0 N–H and O–H groups in total. The Morgan fingerprint density at radius 2 is 1.85 bits per heavy atom. The Hall–Kier alpha value is -4.28. The monoisotopic (exact) mass is 449 g/mol. The first-order valence-electron chi connectivity index (χ1n) is 10.4. The van der Waals surface area contributed by atoms with Crippen LogP contribution >= 0.6 is 11.3 Å². The van der Waals surface area contributed by atoms with Crippen LogP contribution in [0.2, 0.25) is 0 Å². The van der Waals surface area contributed by atoms with Crippen molar-refractivity contribution < 1.29 is 0 Å². The lowest BCUT2D eigenvalue weighted by atomic mass is 10.1. The minimum atomic E-state index is -0.218. The van der Waals surface area contributed by atoms with Gasteiger partial charge in [0, 0.05) is 36.3 Å². The number of thiophene rings is 1. The molecule has 1 aliphatic heterocycles. The van der Waals surface area contributed by atoms with Crippen molar-refractivity contribution in [2.45, 2.75) is 13.0 Å². The van der Waals surface area contributed by atoms with Crippen LogP contribution in [0.3, 0.4) is 0 Å². The second-order valence-electron chi connectivity index (χ2n) is 7.64. The summed E-state index contributed by atoms with van der Waals surface area (Å²) in [5.74, 6) is 0. The van der Waals surface area contributed by atoms with Crippen molar-refractivity contribution in [3.8, 4) is 17.2 Å². The Bertz CT molecular complexity index is 1490. The van der Waals surface area contributed by atoms with E-state index in [4.69, 9.17) is 0 Å². The van der Waals surface area contributed by atoms with Gasteiger partial charge in [0.25, 0.3) is 5.56 Å². The van der Waals surface area contributed by atoms with Gasteiger partial charge in [-0.2, -0.15) is 15.0 Å². The van der Waals surface area contributed by atoms with Gasteiger partial charge in [0.15, 0.2) is 0 Å². The smallest absolute Gasteiger partial charge is 0.283 e. The molecule has 0 atom stereocenters. The molecule has 2 aromatic carbocycles. The molecule has 0 bridgehead atoms. The normalized spacial score (nSPS) is 13.7. The van der Waals surface area contributed by atoms with Crippen LogP contribution in [-0.4, -0.2) is 20.8 Å². The first kappa shape index (κ1) is 20.6. The quantitative estimate of drug-likeness (QED) is 0.395. The molecule has 160 valence electrons. The highest BCUT2D eigenvalue weighted by molar-refractivity contribution is 7.17. The summed E-state index contributed by atoms with van der Waals surface area (Å²) in [7, 11) is 0. The predicted molar refractivity (Wildman–Crippen MR) is 132 cm³/mol. The van der Waals surface area contributed by atoms with Crippen LogP contribution < -0.4 is 5.56 Å². The minimum Gasteiger partial charge on any atom is -0.349 e. The van der Waals surface area contributed by atoms with Crippen LogP contribution in [-0.2, 0) is 6.54 Å². The van der Waals surface area contributed by atoms with Gasteiger partial charge in [0.2, 0.25) is 0 Å². The van der Waals surface area contributed by atoms with Crippen LogP contribution in [0.25, 0.3) is 21.3 Å². The van der Waals surface area contributed by atoms with Crippen LogP contribution in [0.5, 0.6) is 0 Å². The van der Waals surface area contributed by atoms with E-state index >= 15 is 0 Å². The SMILES string of the molecule is N#CC1=CN(Cc2ccccc2)C=C(/C=N/n2cnc3scc(-c4ccccc4)c3c2=O)C1. The number of hydrogen-bond donors (Lipinski definition) is 0. The number of nitrogens with zero attached hydrogens (tertiary/aromatic N) is 5. The third-order valence-electron chi connectivity index (χ3n) is 5.31. The lowest BCUT2D eigenvalue weighted by Crippen LogP contribution is -2.18. The molecule has 0 aliphatic carbocycles. The van der Waals surface area contributed by atoms with E-state index in [9.17, 15) is 10.1 Å². The van der Waals surface area contributed by atoms with Gasteiger partial charge >= 0.3 is 0 Å². The molecule has 2 aromatic heterocycles. The van der Waals surface area contributed by atoms with Gasteiger partial charge in [-0.1, -0.05) is 60.7 Å². The fourth-order valence-corrected chi connectivity index (χ4v) is 4.67. The van der Waals surface area contributed by atoms with Gasteiger partial charge in [-0.15, -0.1) is 11.3 Å². The van der Waals surface area contributed by atoms with Crippen LogP contribution in [0.1, 0.15) is 12.0 Å². The fourth-order valence-electron chi connectivity index (χ4n) is 3.77. The summed E-state index contributed by atoms with van der Waals surface area (Å²) >= 11 is 1.44. The molecule has 7 heteroatoms. The van der Waals surface area contributed by atoms with Crippen LogP contribution in [0.4, 0.5) is 0 Å². The summed E-state index contributed by atoms with van der Waals surface area (Å²) in [6, 6.07) is 22.1. The highest BCUT2D eigenvalue weighted by Crippen LogP contribution is 2.30. The van der Waals surface area contributed by atoms with E-state index in [0.717, 1.165) is 22.3 Å². The van der Waals surface area contributed by atoms with Gasteiger partial charge in [-0.05, 0) is 16.7 Å². The molecule has 6 nitrogen and oxygen atoms in total. The second-order valence-corrected chi connectivity index (χ2v) is 8.50. The summed E-state index contributed by atoms with van der Waals surface area (Å²) in [4.78, 5) is 20.3. The summed E-state index contributed by atoms with van der Waals surface area (Å²) in [6.07, 6.45) is 7.34. The summed E-state index contributed by atoms with van der Waals surface area (Å²) < 4.78 is 1.26. The van der Waals surface area contributed by atoms with E-state index in [0.29, 0.717) is 28.8 Å². The highest BCUT2D eigenvalue weighted by atomic mass is 32.1. The summed E-state index contributed by atoms with van der Waals surface area (Å²) in [5.41, 5.74) is 4.23. The maximum Gasteiger partial charge on any atom is 0.283 e. The van der Waals surface area contributed by atoms with Gasteiger partial charge in [-0.25, -0.2) is 4.98 Å². The lowest BCUT2D eigenvalue weighted by Gasteiger charge is -2.21. The van der Waals surface area contributed by atoms with Crippen LogP contribution in [0, 0.1) is 11.3 Å². The number of rotatable bonds is 5. The molecule has 0 fully saturated rings. The average molecular weight is 450 g/mol. The summed E-state index contributed by atoms with van der Waals surface area (Å²) in [5, 5.41) is 16.4. The third-order valence-corrected chi connectivity index (χ3v) is 6.20. The van der Waals surface area contributed by atoms with Crippen molar-refractivity contribution in [3.63, 3.8) is 0 Å². The molecule has 0 spiro atoms. The molecule has 0 saturated carbocycles. The van der Waals surface area contributed by atoms with Crippen LogP contribution in [0.15, 0.2) is 106 Å². The van der Waals surface area contributed by atoms with Gasteiger partial charge in [0.05, 0.1) is 23.2 Å². The Morgan fingerprint density at radius 1 is 1.09 bits per heavy atom. The number of allylic oxidation sites excluding steroid dienone is 2. The zero-order chi connectivity index (χ0) is 22.6. The van der Waals surface area contributed by atoms with Gasteiger partial charge < -0.3 is 4.90 Å². The first-order valence-corrected chi connectivity index (χ1v) is 11.3. The van der Waals surface area contributed by atoms with Crippen molar-refractivity contribution in [2.24, 2.45) is 5.10 Å². The van der Waals surface area contributed by atoms with Crippen molar-refractivity contribution in [1.29, 1.82) is 5.26 Å². The molecule has 0 unspecified atom stereocenters. The maximum absolute atomic E-state index is 13.2.